The van der Waals surface area contributed by atoms with Gasteiger partial charge in [0.1, 0.15) is 0 Å². The second-order valence-electron chi connectivity index (χ2n) is 10.5. The maximum absolute atomic E-state index is 12.8. The molecule has 0 saturated heterocycles. The molecule has 0 bridgehead atoms. The minimum Gasteiger partial charge on any atom is -0.324 e. The Morgan fingerprint density at radius 1 is 1.12 bits per heavy atom. The molecule has 0 fully saturated rings. The summed E-state index contributed by atoms with van der Waals surface area (Å²) in [7, 11) is 0.487. The summed E-state index contributed by atoms with van der Waals surface area (Å²) in [6.45, 7) is 6.80. The predicted octanol–water partition coefficient (Wildman–Crippen LogP) is 4.86. The third-order valence-corrected chi connectivity index (χ3v) is 8.33. The van der Waals surface area contributed by atoms with Crippen molar-refractivity contribution in [3.8, 4) is 11.3 Å². The molecule has 0 spiro atoms. The van der Waals surface area contributed by atoms with Crippen molar-refractivity contribution in [1.82, 2.24) is 28.6 Å². The van der Waals surface area contributed by atoms with Crippen LogP contribution in [0.5, 0.6) is 0 Å². The highest BCUT2D eigenvalue weighted by Crippen LogP contribution is 2.33. The summed E-state index contributed by atoms with van der Waals surface area (Å²) in [5, 5.41) is 12.4. The van der Waals surface area contributed by atoms with Crippen molar-refractivity contribution in [3.63, 3.8) is 0 Å². The molecule has 0 aliphatic heterocycles. The van der Waals surface area contributed by atoms with Gasteiger partial charge in [-0.05, 0) is 59.1 Å². The lowest BCUT2D eigenvalue weighted by atomic mass is 10.1. The molecule has 2 aromatic carbocycles. The van der Waals surface area contributed by atoms with Gasteiger partial charge in [0.2, 0.25) is 21.9 Å². The normalized spacial score (nSPS) is 11.8. The number of amides is 1. The fourth-order valence-corrected chi connectivity index (χ4v) is 5.72. The van der Waals surface area contributed by atoms with Crippen LogP contribution in [0.25, 0.3) is 33.1 Å². The van der Waals surface area contributed by atoms with Crippen molar-refractivity contribution < 1.29 is 13.2 Å². The molecule has 0 aliphatic rings. The minimum absolute atomic E-state index is 0.0254. The lowest BCUT2D eigenvalue weighted by molar-refractivity contribution is -0.111. The van der Waals surface area contributed by atoms with Crippen molar-refractivity contribution in [2.24, 2.45) is 0 Å². The molecule has 42 heavy (non-hydrogen) atoms. The Balaban J connectivity index is 1.54. The van der Waals surface area contributed by atoms with Gasteiger partial charge in [0.05, 0.1) is 40.9 Å². The summed E-state index contributed by atoms with van der Waals surface area (Å²) in [6, 6.07) is 12.9. The van der Waals surface area contributed by atoms with Crippen LogP contribution in [-0.4, -0.2) is 69.3 Å². The third kappa shape index (κ3) is 6.04. The largest absolute Gasteiger partial charge is 0.324 e. The second kappa shape index (κ2) is 11.7. The van der Waals surface area contributed by atoms with Crippen molar-refractivity contribution in [3.05, 3.63) is 72.7 Å². The Morgan fingerprint density at radius 2 is 1.90 bits per heavy atom. The SMILES string of the molecule is CCS(=O)(=O)n1cc(-c2ccnc(Nc3cc(NC(=O)C=C(C)C)c4c(cnn4CCN(C)C)c3)n2)c2ccccc21. The Kier molecular flexibility index (Phi) is 8.10. The number of likely N-dealkylation sites (N-methyl/N-ethyl adjacent to an activating group) is 1. The Hall–Kier alpha value is -4.55. The van der Waals surface area contributed by atoms with Crippen molar-refractivity contribution in [2.45, 2.75) is 27.3 Å². The topological polar surface area (TPSA) is 127 Å². The molecule has 0 radical (unpaired) electrons. The molecule has 0 atom stereocenters. The van der Waals surface area contributed by atoms with E-state index in [4.69, 9.17) is 4.98 Å². The van der Waals surface area contributed by atoms with Gasteiger partial charge in [-0.2, -0.15) is 5.10 Å². The smallest absolute Gasteiger partial charge is 0.248 e. The highest BCUT2D eigenvalue weighted by atomic mass is 32.2. The summed E-state index contributed by atoms with van der Waals surface area (Å²) in [6.07, 6.45) is 6.56. The standard InChI is InChI=1S/C30H34N8O3S/c1-6-42(40,41)38-19-24(23-9-7-8-10-27(23)38)25-11-12-31-30(35-25)33-22-16-21-18-32-37(14-13-36(4)5)29(21)26(17-22)34-28(39)15-20(2)3/h7-12,15-19H,6,13-14H2,1-5H3,(H,34,39)(H,31,33,35). The van der Waals surface area contributed by atoms with Crippen molar-refractivity contribution >= 4 is 55.1 Å². The quantitative estimate of drug-likeness (QED) is 0.222. The average molecular weight is 587 g/mol. The number of para-hydroxylation sites is 1. The van der Waals surface area contributed by atoms with Gasteiger partial charge >= 0.3 is 0 Å². The lowest BCUT2D eigenvalue weighted by Crippen LogP contribution is -2.19. The lowest BCUT2D eigenvalue weighted by Gasteiger charge is -2.14. The first kappa shape index (κ1) is 29.0. The van der Waals surface area contributed by atoms with Gasteiger partial charge in [0, 0.05) is 47.0 Å². The Bertz CT molecular complexity index is 1920. The molecule has 2 N–H and O–H groups in total. The number of hydrogen-bond donors (Lipinski definition) is 2. The maximum Gasteiger partial charge on any atom is 0.248 e. The number of anilines is 3. The summed E-state index contributed by atoms with van der Waals surface area (Å²) in [5.74, 6) is 0.0663. The summed E-state index contributed by atoms with van der Waals surface area (Å²) in [5.41, 5.74) is 4.82. The zero-order valence-corrected chi connectivity index (χ0v) is 25.1. The first-order valence-corrected chi connectivity index (χ1v) is 15.2. The number of aromatic nitrogens is 5. The van der Waals surface area contributed by atoms with Crippen LogP contribution in [0.2, 0.25) is 0 Å². The fraction of sp³-hybridized carbons (Fsp3) is 0.267. The molecule has 1 amide bonds. The monoisotopic (exact) mass is 586 g/mol. The first-order valence-electron chi connectivity index (χ1n) is 13.6. The maximum atomic E-state index is 12.8. The number of nitrogens with zero attached hydrogens (tertiary/aromatic N) is 6. The molecular weight excluding hydrogens is 552 g/mol. The van der Waals surface area contributed by atoms with Crippen LogP contribution in [0.1, 0.15) is 20.8 Å². The molecule has 0 aliphatic carbocycles. The van der Waals surface area contributed by atoms with Gasteiger partial charge < -0.3 is 15.5 Å². The molecule has 3 heterocycles. The van der Waals surface area contributed by atoms with Gasteiger partial charge in [0.25, 0.3) is 0 Å². The van der Waals surface area contributed by atoms with Gasteiger partial charge in [-0.25, -0.2) is 22.4 Å². The van der Waals surface area contributed by atoms with Gasteiger partial charge in [-0.3, -0.25) is 9.48 Å². The van der Waals surface area contributed by atoms with E-state index >= 15 is 0 Å². The number of hydrogen-bond acceptors (Lipinski definition) is 8. The fourth-order valence-electron chi connectivity index (χ4n) is 4.72. The molecule has 3 aromatic heterocycles. The first-order chi connectivity index (χ1) is 20.1. The van der Waals surface area contributed by atoms with Crippen LogP contribution in [0.3, 0.4) is 0 Å². The third-order valence-electron chi connectivity index (χ3n) is 6.70. The molecule has 218 valence electrons. The number of carbonyl (C=O) groups is 1. The molecule has 5 aromatic rings. The van der Waals surface area contributed by atoms with E-state index in [0.29, 0.717) is 40.6 Å². The van der Waals surface area contributed by atoms with Gasteiger partial charge in [0.15, 0.2) is 0 Å². The van der Waals surface area contributed by atoms with Crippen molar-refractivity contribution in [1.29, 1.82) is 0 Å². The van der Waals surface area contributed by atoms with E-state index in [1.54, 1.807) is 43.7 Å². The molecule has 0 saturated carbocycles. The molecular formula is C30H34N8O3S. The van der Waals surface area contributed by atoms with E-state index in [1.165, 1.54) is 3.97 Å². The predicted molar refractivity (Wildman–Crippen MR) is 167 cm³/mol. The van der Waals surface area contributed by atoms with Crippen LogP contribution >= 0.6 is 0 Å². The molecule has 12 heteroatoms. The van der Waals surface area contributed by atoms with Crippen LogP contribution < -0.4 is 10.6 Å². The van der Waals surface area contributed by atoms with Crippen LogP contribution in [0.4, 0.5) is 17.3 Å². The van der Waals surface area contributed by atoms with E-state index in [-0.39, 0.29) is 11.7 Å². The van der Waals surface area contributed by atoms with Gasteiger partial charge in [-0.1, -0.05) is 23.8 Å². The second-order valence-corrected chi connectivity index (χ2v) is 12.6. The highest BCUT2D eigenvalue weighted by molar-refractivity contribution is 7.90. The van der Waals surface area contributed by atoms with E-state index in [1.807, 2.05) is 63.0 Å². The number of rotatable bonds is 10. The summed E-state index contributed by atoms with van der Waals surface area (Å²) < 4.78 is 28.8. The highest BCUT2D eigenvalue weighted by Gasteiger charge is 2.19. The molecule has 5 rings (SSSR count). The number of carbonyl (C=O) groups excluding carboxylic acids is 1. The number of allylic oxidation sites excluding steroid dienone is 1. The minimum atomic E-state index is -3.51. The molecule has 0 unspecified atom stereocenters. The molecule has 11 nitrogen and oxygen atoms in total. The Labute approximate surface area is 244 Å². The number of nitrogens with one attached hydrogen (secondary N) is 2. The van der Waals surface area contributed by atoms with Crippen molar-refractivity contribution in [2.75, 3.05) is 37.0 Å². The van der Waals surface area contributed by atoms with Crippen LogP contribution in [0, 0.1) is 0 Å². The number of fused-ring (bicyclic) bond motifs is 2. The van der Waals surface area contributed by atoms with E-state index in [2.05, 4.69) is 25.6 Å². The zero-order chi connectivity index (χ0) is 30.0. The summed E-state index contributed by atoms with van der Waals surface area (Å²) in [4.78, 5) is 23.9. The van der Waals surface area contributed by atoms with Crippen LogP contribution in [-0.2, 0) is 21.4 Å². The Morgan fingerprint density at radius 3 is 2.64 bits per heavy atom. The summed E-state index contributed by atoms with van der Waals surface area (Å²) >= 11 is 0. The zero-order valence-electron chi connectivity index (χ0n) is 24.3. The number of benzene rings is 2. The van der Waals surface area contributed by atoms with E-state index < -0.39 is 10.0 Å². The van der Waals surface area contributed by atoms with Gasteiger partial charge in [-0.15, -0.1) is 0 Å². The van der Waals surface area contributed by atoms with E-state index in [9.17, 15) is 13.2 Å². The van der Waals surface area contributed by atoms with E-state index in [0.717, 1.165) is 28.4 Å². The average Bonchev–Trinajstić information content (AvgIpc) is 3.54. The van der Waals surface area contributed by atoms with Crippen LogP contribution in [0.15, 0.2) is 72.7 Å².